The van der Waals surface area contributed by atoms with Crippen LogP contribution in [0.15, 0.2) is 54.7 Å². The van der Waals surface area contributed by atoms with Gasteiger partial charge in [0.25, 0.3) is 5.91 Å². The maximum Gasteiger partial charge on any atom is 0.418 e. The van der Waals surface area contributed by atoms with Crippen molar-refractivity contribution < 1.29 is 22.7 Å². The lowest BCUT2D eigenvalue weighted by Gasteiger charge is -2.24. The van der Waals surface area contributed by atoms with Gasteiger partial charge in [-0.1, -0.05) is 29.5 Å². The van der Waals surface area contributed by atoms with Crippen molar-refractivity contribution in [2.75, 3.05) is 13.7 Å². The Bertz CT molecular complexity index is 1050. The van der Waals surface area contributed by atoms with Crippen molar-refractivity contribution in [2.45, 2.75) is 25.1 Å². The molecule has 0 spiro atoms. The molecule has 0 bridgehead atoms. The largest absolute Gasteiger partial charge is 0.497 e. The van der Waals surface area contributed by atoms with Crippen molar-refractivity contribution in [3.63, 3.8) is 0 Å². The zero-order valence-corrected chi connectivity index (χ0v) is 16.1. The zero-order valence-electron chi connectivity index (χ0n) is 16.1. The molecule has 1 saturated heterocycles. The fraction of sp³-hybridized carbons (Fsp3) is 0.286. The number of methoxy groups -OCH3 is 1. The van der Waals surface area contributed by atoms with Crippen LogP contribution in [0.5, 0.6) is 5.75 Å². The molecular weight excluding hydrogens is 397 g/mol. The Hall–Kier alpha value is -3.36. The van der Waals surface area contributed by atoms with Crippen molar-refractivity contribution in [3.05, 3.63) is 71.5 Å². The van der Waals surface area contributed by atoms with Gasteiger partial charge in [0.2, 0.25) is 0 Å². The number of nitrogens with zero attached hydrogens (tertiary/aromatic N) is 4. The molecule has 0 radical (unpaired) electrons. The van der Waals surface area contributed by atoms with Crippen molar-refractivity contribution in [1.29, 1.82) is 0 Å². The second kappa shape index (κ2) is 7.81. The van der Waals surface area contributed by atoms with E-state index in [9.17, 15) is 18.0 Å². The van der Waals surface area contributed by atoms with Crippen LogP contribution < -0.4 is 4.74 Å². The van der Waals surface area contributed by atoms with Crippen LogP contribution in [0.1, 0.15) is 40.5 Å². The van der Waals surface area contributed by atoms with E-state index in [-0.39, 0.29) is 23.3 Å². The molecule has 156 valence electrons. The first-order chi connectivity index (χ1) is 14.4. The number of hydrogen-bond donors (Lipinski definition) is 0. The summed E-state index contributed by atoms with van der Waals surface area (Å²) in [6.45, 7) is 0.543. The summed E-state index contributed by atoms with van der Waals surface area (Å²) in [6.07, 6.45) is -1.67. The summed E-state index contributed by atoms with van der Waals surface area (Å²) >= 11 is 0. The fourth-order valence-corrected chi connectivity index (χ4v) is 3.72. The first kappa shape index (κ1) is 19.9. The standard InChI is InChI=1S/C21H19F3N4O2/c1-30-15-10-8-14(9-11-15)18-7-4-12-27(18)20(29)17-13-28(26-25-17)19-6-3-2-5-16(19)21(22,23)24/h2-3,5-6,8-11,13,18H,4,7,12H2,1H3/t18-/m1/s1. The van der Waals surface area contributed by atoms with E-state index in [2.05, 4.69) is 10.3 Å². The molecule has 30 heavy (non-hydrogen) atoms. The van der Waals surface area contributed by atoms with E-state index in [4.69, 9.17) is 4.74 Å². The van der Waals surface area contributed by atoms with Gasteiger partial charge < -0.3 is 9.64 Å². The molecule has 1 atom stereocenters. The first-order valence-corrected chi connectivity index (χ1v) is 9.42. The van der Waals surface area contributed by atoms with Crippen LogP contribution in [0.25, 0.3) is 5.69 Å². The third-order valence-electron chi connectivity index (χ3n) is 5.18. The summed E-state index contributed by atoms with van der Waals surface area (Å²) in [5.74, 6) is 0.366. The molecule has 1 aliphatic rings. The minimum Gasteiger partial charge on any atom is -0.497 e. The molecule has 2 heterocycles. The number of likely N-dealkylation sites (tertiary alicyclic amines) is 1. The molecule has 3 aromatic rings. The van der Waals surface area contributed by atoms with E-state index in [1.807, 2.05) is 24.3 Å². The number of para-hydroxylation sites is 1. The molecule has 4 rings (SSSR count). The van der Waals surface area contributed by atoms with Crippen LogP contribution in [0, 0.1) is 0 Å². The number of aromatic nitrogens is 3. The SMILES string of the molecule is COc1ccc([C@H]2CCCN2C(=O)c2cn(-c3ccccc3C(F)(F)F)nn2)cc1. The second-order valence-corrected chi connectivity index (χ2v) is 6.99. The van der Waals surface area contributed by atoms with Crippen LogP contribution in [0.2, 0.25) is 0 Å². The second-order valence-electron chi connectivity index (χ2n) is 6.99. The van der Waals surface area contributed by atoms with Gasteiger partial charge in [-0.3, -0.25) is 4.79 Å². The highest BCUT2D eigenvalue weighted by molar-refractivity contribution is 5.92. The Morgan fingerprint density at radius 1 is 1.13 bits per heavy atom. The highest BCUT2D eigenvalue weighted by Gasteiger charge is 2.35. The van der Waals surface area contributed by atoms with Crippen LogP contribution in [0.3, 0.4) is 0 Å². The smallest absolute Gasteiger partial charge is 0.418 e. The number of benzene rings is 2. The lowest BCUT2D eigenvalue weighted by Crippen LogP contribution is -2.30. The van der Waals surface area contributed by atoms with Crippen molar-refractivity contribution in [1.82, 2.24) is 19.9 Å². The molecule has 0 unspecified atom stereocenters. The molecule has 0 N–H and O–H groups in total. The quantitative estimate of drug-likeness (QED) is 0.637. The lowest BCUT2D eigenvalue weighted by atomic mass is 10.0. The van der Waals surface area contributed by atoms with Gasteiger partial charge >= 0.3 is 6.18 Å². The molecule has 1 fully saturated rings. The highest BCUT2D eigenvalue weighted by Crippen LogP contribution is 2.35. The van der Waals surface area contributed by atoms with Gasteiger partial charge in [0, 0.05) is 6.54 Å². The Labute approximate surface area is 170 Å². The predicted molar refractivity (Wildman–Crippen MR) is 102 cm³/mol. The molecule has 2 aromatic carbocycles. The van der Waals surface area contributed by atoms with Gasteiger partial charge in [-0.15, -0.1) is 5.10 Å². The predicted octanol–water partition coefficient (Wildman–Crippen LogP) is 4.27. The maximum atomic E-state index is 13.3. The maximum absolute atomic E-state index is 13.3. The Balaban J connectivity index is 1.60. The summed E-state index contributed by atoms with van der Waals surface area (Å²) in [6, 6.07) is 12.4. The third kappa shape index (κ3) is 3.74. The molecule has 1 aliphatic heterocycles. The minimum atomic E-state index is -4.54. The monoisotopic (exact) mass is 416 g/mol. The van der Waals surface area contributed by atoms with Gasteiger partial charge in [-0.05, 0) is 42.7 Å². The molecule has 1 amide bonds. The van der Waals surface area contributed by atoms with Gasteiger partial charge in [-0.25, -0.2) is 4.68 Å². The lowest BCUT2D eigenvalue weighted by molar-refractivity contribution is -0.137. The normalized spacial score (nSPS) is 16.7. The minimum absolute atomic E-state index is 0.00684. The van der Waals surface area contributed by atoms with E-state index in [0.717, 1.165) is 34.9 Å². The number of amides is 1. The average Bonchev–Trinajstić information content (AvgIpc) is 3.43. The van der Waals surface area contributed by atoms with Crippen LogP contribution in [-0.2, 0) is 6.18 Å². The molecule has 1 aromatic heterocycles. The van der Waals surface area contributed by atoms with E-state index in [1.54, 1.807) is 12.0 Å². The number of carbonyl (C=O) groups excluding carboxylic acids is 1. The molecule has 0 saturated carbocycles. The Morgan fingerprint density at radius 3 is 2.57 bits per heavy atom. The van der Waals surface area contributed by atoms with E-state index < -0.39 is 11.7 Å². The average molecular weight is 416 g/mol. The summed E-state index contributed by atoms with van der Waals surface area (Å²) < 4.78 is 46.0. The fourth-order valence-electron chi connectivity index (χ4n) is 3.72. The number of ether oxygens (including phenoxy) is 1. The topological polar surface area (TPSA) is 60.2 Å². The molecule has 0 aliphatic carbocycles. The van der Waals surface area contributed by atoms with Gasteiger partial charge in [-0.2, -0.15) is 13.2 Å². The Morgan fingerprint density at radius 2 is 1.87 bits per heavy atom. The van der Waals surface area contributed by atoms with Gasteiger partial charge in [0.05, 0.1) is 30.6 Å². The number of halogens is 3. The number of rotatable bonds is 4. The zero-order chi connectivity index (χ0) is 21.3. The van der Waals surface area contributed by atoms with Crippen LogP contribution >= 0.6 is 0 Å². The van der Waals surface area contributed by atoms with Crippen molar-refractivity contribution >= 4 is 5.91 Å². The van der Waals surface area contributed by atoms with Crippen molar-refractivity contribution in [2.24, 2.45) is 0 Å². The summed E-state index contributed by atoms with van der Waals surface area (Å²) in [4.78, 5) is 14.7. The number of alkyl halides is 3. The van der Waals surface area contributed by atoms with E-state index in [0.29, 0.717) is 6.54 Å². The Kier molecular flexibility index (Phi) is 5.19. The van der Waals surface area contributed by atoms with E-state index in [1.165, 1.54) is 24.4 Å². The van der Waals surface area contributed by atoms with Crippen LogP contribution in [-0.4, -0.2) is 39.5 Å². The summed E-state index contributed by atoms with van der Waals surface area (Å²) in [5.41, 5.74) is -0.0419. The summed E-state index contributed by atoms with van der Waals surface area (Å²) in [7, 11) is 1.58. The highest BCUT2D eigenvalue weighted by atomic mass is 19.4. The van der Waals surface area contributed by atoms with E-state index >= 15 is 0 Å². The van der Waals surface area contributed by atoms with Gasteiger partial charge in [0.15, 0.2) is 5.69 Å². The molecular formula is C21H19F3N4O2. The van der Waals surface area contributed by atoms with Crippen molar-refractivity contribution in [3.8, 4) is 11.4 Å². The van der Waals surface area contributed by atoms with Gasteiger partial charge in [0.1, 0.15) is 5.75 Å². The number of hydrogen-bond acceptors (Lipinski definition) is 4. The number of carbonyl (C=O) groups is 1. The first-order valence-electron chi connectivity index (χ1n) is 9.42. The molecule has 9 heteroatoms. The summed E-state index contributed by atoms with van der Waals surface area (Å²) in [5, 5.41) is 7.63. The van der Waals surface area contributed by atoms with Crippen LogP contribution in [0.4, 0.5) is 13.2 Å². The molecule has 6 nitrogen and oxygen atoms in total. The third-order valence-corrected chi connectivity index (χ3v) is 5.18.